The first kappa shape index (κ1) is 28.0. The minimum absolute atomic E-state index is 0.0110. The lowest BCUT2D eigenvalue weighted by Gasteiger charge is -2.29. The van der Waals surface area contributed by atoms with Gasteiger partial charge in [0.1, 0.15) is 11.3 Å². The zero-order chi connectivity index (χ0) is 27.0. The van der Waals surface area contributed by atoms with Gasteiger partial charge < -0.3 is 4.90 Å². The van der Waals surface area contributed by atoms with Crippen molar-refractivity contribution < 1.29 is 41.1 Å². The summed E-state index contributed by atoms with van der Waals surface area (Å²) in [7, 11) is 0. The number of hydrogen-bond donors (Lipinski definition) is 0. The van der Waals surface area contributed by atoms with E-state index in [0.717, 1.165) is 0 Å². The molecule has 0 fully saturated rings. The van der Waals surface area contributed by atoms with Crippen molar-refractivity contribution in [2.24, 2.45) is 0 Å². The molecule has 0 spiro atoms. The number of anilines is 2. The zero-order valence-corrected chi connectivity index (χ0v) is 19.3. The van der Waals surface area contributed by atoms with E-state index in [-0.39, 0.29) is 24.6 Å². The van der Waals surface area contributed by atoms with Crippen LogP contribution in [0.1, 0.15) is 24.5 Å². The van der Waals surface area contributed by atoms with Crippen LogP contribution in [-0.2, 0) is 12.4 Å². The fourth-order valence-corrected chi connectivity index (χ4v) is 4.43. The molecule has 18 heteroatoms. The van der Waals surface area contributed by atoms with Crippen LogP contribution in [0.4, 0.5) is 54.8 Å². The highest BCUT2D eigenvalue weighted by atomic mass is 79.9. The first-order chi connectivity index (χ1) is 15.9. The van der Waals surface area contributed by atoms with Crippen LogP contribution >= 0.6 is 27.5 Å². The van der Waals surface area contributed by atoms with Gasteiger partial charge in [0, 0.05) is 18.7 Å². The van der Waals surface area contributed by atoms with Crippen molar-refractivity contribution in [2.45, 2.75) is 25.7 Å². The molecule has 0 bridgehead atoms. The summed E-state index contributed by atoms with van der Waals surface area (Å²) in [5.41, 5.74) is -10.3. The van der Waals surface area contributed by atoms with Gasteiger partial charge in [-0.1, -0.05) is 18.5 Å². The largest absolute Gasteiger partial charge is 0.424 e. The van der Waals surface area contributed by atoms with Crippen LogP contribution < -0.4 is 4.90 Å². The number of nitro benzene ring substituents is 3. The molecule has 0 aliphatic rings. The first-order valence-corrected chi connectivity index (χ1v) is 10.2. The third-order valence-electron chi connectivity index (χ3n) is 4.43. The van der Waals surface area contributed by atoms with Crippen molar-refractivity contribution >= 4 is 56.0 Å². The summed E-state index contributed by atoms with van der Waals surface area (Å²) in [6.07, 6.45) is -10.9. The molecule has 0 heterocycles. The second-order valence-corrected chi connectivity index (χ2v) is 7.89. The van der Waals surface area contributed by atoms with Crippen LogP contribution in [0.3, 0.4) is 0 Å². The molecule has 0 aliphatic heterocycles. The van der Waals surface area contributed by atoms with Gasteiger partial charge in [0.05, 0.1) is 41.6 Å². The van der Waals surface area contributed by atoms with E-state index in [1.54, 1.807) is 0 Å². The lowest BCUT2D eigenvalue weighted by molar-refractivity contribution is -0.394. The number of non-ortho nitro benzene ring substituents is 1. The number of halogens is 8. The predicted octanol–water partition coefficient (Wildman–Crippen LogP) is 7.41. The maximum Gasteiger partial charge on any atom is 0.424 e. The highest BCUT2D eigenvalue weighted by molar-refractivity contribution is 9.10. The van der Waals surface area contributed by atoms with E-state index < -0.39 is 82.7 Å². The van der Waals surface area contributed by atoms with Gasteiger partial charge in [-0.15, -0.1) is 0 Å². The second-order valence-electron chi connectivity index (χ2n) is 6.69. The Balaban J connectivity index is 3.13. The van der Waals surface area contributed by atoms with Crippen LogP contribution in [-0.4, -0.2) is 21.3 Å². The third kappa shape index (κ3) is 5.55. The molecule has 0 unspecified atom stereocenters. The molecule has 0 aromatic heterocycles. The summed E-state index contributed by atoms with van der Waals surface area (Å²) < 4.78 is 81.6. The molecule has 0 amide bonds. The van der Waals surface area contributed by atoms with Crippen molar-refractivity contribution in [1.82, 2.24) is 0 Å². The van der Waals surface area contributed by atoms with Crippen LogP contribution in [0.25, 0.3) is 0 Å². The maximum absolute atomic E-state index is 13.9. The van der Waals surface area contributed by atoms with Crippen LogP contribution in [0.5, 0.6) is 0 Å². The molecule has 190 valence electrons. The third-order valence-corrected chi connectivity index (χ3v) is 5.49. The standard InChI is InChI=1S/C17H10BrClF6N4O6/c1-2-3-26(15-9(19)6-10(28(32)33)12(13(15)18)17(23,24)25)14-8(16(20,21)22)4-7(27(30)31)5-11(14)29(34)35/h4-6H,2-3H2,1H3. The van der Waals surface area contributed by atoms with Gasteiger partial charge in [-0.05, 0) is 22.4 Å². The monoisotopic (exact) mass is 594 g/mol. The zero-order valence-electron chi connectivity index (χ0n) is 16.9. The lowest BCUT2D eigenvalue weighted by atomic mass is 10.0. The van der Waals surface area contributed by atoms with Gasteiger partial charge in [0.2, 0.25) is 0 Å². The van der Waals surface area contributed by atoms with Crippen molar-refractivity contribution in [2.75, 3.05) is 11.4 Å². The number of benzene rings is 2. The smallest absolute Gasteiger partial charge is 0.333 e. The topological polar surface area (TPSA) is 133 Å². The van der Waals surface area contributed by atoms with Crippen molar-refractivity contribution in [3.05, 3.63) is 69.2 Å². The van der Waals surface area contributed by atoms with Gasteiger partial charge in [-0.2, -0.15) is 26.3 Å². The van der Waals surface area contributed by atoms with Gasteiger partial charge in [-0.3, -0.25) is 30.3 Å². The molecule has 2 rings (SSSR count). The van der Waals surface area contributed by atoms with E-state index in [1.807, 2.05) is 0 Å². The summed E-state index contributed by atoms with van der Waals surface area (Å²) in [4.78, 5) is 30.2. The maximum atomic E-state index is 13.9. The number of alkyl halides is 6. The molecular weight excluding hydrogens is 586 g/mol. The summed E-state index contributed by atoms with van der Waals surface area (Å²) in [6, 6.07) is 0.450. The van der Waals surface area contributed by atoms with Gasteiger partial charge >= 0.3 is 12.4 Å². The second kappa shape index (κ2) is 9.80. The minimum atomic E-state index is -5.44. The molecule has 2 aromatic carbocycles. The summed E-state index contributed by atoms with van der Waals surface area (Å²) >= 11 is 8.48. The lowest BCUT2D eigenvalue weighted by Crippen LogP contribution is -2.25. The summed E-state index contributed by atoms with van der Waals surface area (Å²) in [5.74, 6) is 0. The Morgan fingerprint density at radius 2 is 1.43 bits per heavy atom. The van der Waals surface area contributed by atoms with Gasteiger partial charge in [0.25, 0.3) is 17.1 Å². The molecule has 10 nitrogen and oxygen atoms in total. The molecule has 0 atom stereocenters. The fourth-order valence-electron chi connectivity index (χ4n) is 3.16. The summed E-state index contributed by atoms with van der Waals surface area (Å²) in [5, 5.41) is 33.1. The molecule has 35 heavy (non-hydrogen) atoms. The quantitative estimate of drug-likeness (QED) is 0.185. The molecule has 0 saturated carbocycles. The highest BCUT2D eigenvalue weighted by Gasteiger charge is 2.46. The van der Waals surface area contributed by atoms with Crippen molar-refractivity contribution in [3.8, 4) is 0 Å². The van der Waals surface area contributed by atoms with Crippen molar-refractivity contribution in [3.63, 3.8) is 0 Å². The fraction of sp³-hybridized carbons (Fsp3) is 0.294. The Bertz CT molecular complexity index is 1220. The average molecular weight is 596 g/mol. The van der Waals surface area contributed by atoms with Crippen LogP contribution in [0.15, 0.2) is 22.7 Å². The number of nitrogens with zero attached hydrogens (tertiary/aromatic N) is 4. The van der Waals surface area contributed by atoms with E-state index in [4.69, 9.17) is 11.6 Å². The Morgan fingerprint density at radius 3 is 1.83 bits per heavy atom. The van der Waals surface area contributed by atoms with Crippen LogP contribution in [0, 0.1) is 30.3 Å². The van der Waals surface area contributed by atoms with E-state index in [0.29, 0.717) is 4.90 Å². The SMILES string of the molecule is CCCN(c1c([N+](=O)[O-])cc([N+](=O)[O-])cc1C(F)(F)F)c1c(Cl)cc([N+](=O)[O-])c(C(F)(F)F)c1Br. The Hall–Kier alpha value is -3.21. The number of rotatable bonds is 7. The molecule has 0 saturated heterocycles. The summed E-state index contributed by atoms with van der Waals surface area (Å²) in [6.45, 7) is 0.768. The van der Waals surface area contributed by atoms with E-state index in [9.17, 15) is 56.7 Å². The Labute approximate surface area is 203 Å². The van der Waals surface area contributed by atoms with E-state index in [2.05, 4.69) is 15.9 Å². The molecule has 0 radical (unpaired) electrons. The number of nitro groups is 3. The average Bonchev–Trinajstić information content (AvgIpc) is 2.69. The normalized spacial score (nSPS) is 11.9. The predicted molar refractivity (Wildman–Crippen MR) is 113 cm³/mol. The highest BCUT2D eigenvalue weighted by Crippen LogP contribution is 2.53. The Morgan fingerprint density at radius 1 is 0.886 bits per heavy atom. The van der Waals surface area contributed by atoms with Crippen molar-refractivity contribution in [1.29, 1.82) is 0 Å². The van der Waals surface area contributed by atoms with Gasteiger partial charge in [-0.25, -0.2) is 0 Å². The molecule has 0 N–H and O–H groups in total. The van der Waals surface area contributed by atoms with Gasteiger partial charge in [0.15, 0.2) is 0 Å². The van der Waals surface area contributed by atoms with Crippen LogP contribution in [0.2, 0.25) is 5.02 Å². The first-order valence-electron chi connectivity index (χ1n) is 8.98. The van der Waals surface area contributed by atoms with E-state index >= 15 is 0 Å². The molecule has 0 aliphatic carbocycles. The minimum Gasteiger partial charge on any atom is -0.333 e. The number of hydrogen-bond acceptors (Lipinski definition) is 7. The Kier molecular flexibility index (Phi) is 7.85. The molecular formula is C17H10BrClF6N4O6. The van der Waals surface area contributed by atoms with E-state index in [1.165, 1.54) is 6.92 Å². The molecule has 2 aromatic rings.